The maximum absolute atomic E-state index is 13.3. The number of carbonyl (C=O) groups is 1. The number of thioether (sulfide) groups is 1. The molecule has 212 valence electrons. The molecule has 1 atom stereocenters. The molecule has 0 bridgehead atoms. The predicted octanol–water partition coefficient (Wildman–Crippen LogP) is 4.67. The maximum Gasteiger partial charge on any atom is 0.133 e. The van der Waals surface area contributed by atoms with Crippen molar-refractivity contribution in [2.75, 3.05) is 70.7 Å². The number of anilines is 1. The molecule has 40 heavy (non-hydrogen) atoms. The lowest BCUT2D eigenvalue weighted by Gasteiger charge is -2.35. The van der Waals surface area contributed by atoms with Gasteiger partial charge in [0.1, 0.15) is 23.1 Å². The van der Waals surface area contributed by atoms with E-state index in [-0.39, 0.29) is 11.9 Å². The monoisotopic (exact) mass is 562 g/mol. The van der Waals surface area contributed by atoms with E-state index in [1.54, 1.807) is 12.1 Å². The zero-order valence-electron chi connectivity index (χ0n) is 23.6. The fourth-order valence-electron chi connectivity index (χ4n) is 5.30. The van der Waals surface area contributed by atoms with Gasteiger partial charge in [0.15, 0.2) is 0 Å². The number of hydrogen-bond donors (Lipinski definition) is 0. The Labute approximate surface area is 241 Å². The molecule has 0 saturated carbocycles. The summed E-state index contributed by atoms with van der Waals surface area (Å²) in [6.45, 7) is 10.4. The number of nitriles is 1. The van der Waals surface area contributed by atoms with Gasteiger partial charge in [-0.2, -0.15) is 5.26 Å². The van der Waals surface area contributed by atoms with E-state index in [9.17, 15) is 14.4 Å². The van der Waals surface area contributed by atoms with E-state index < -0.39 is 0 Å². The molecule has 7 nitrogen and oxygen atoms in total. The molecule has 2 aliphatic heterocycles. The van der Waals surface area contributed by atoms with Crippen LogP contribution in [0.15, 0.2) is 52.4 Å². The summed E-state index contributed by atoms with van der Waals surface area (Å²) in [5, 5.41) is 9.78. The van der Waals surface area contributed by atoms with Crippen LogP contribution in [-0.2, 0) is 11.2 Å². The molecule has 2 heterocycles. The van der Waals surface area contributed by atoms with Gasteiger partial charge in [0, 0.05) is 43.5 Å². The standard InChI is InChI=1S/C27H30FN5OS.C4H9N/c1-30-27(21-3-7-22(28)8-4-21)26(18-29)35-19-31(2)25-10-6-20-5-9-23(17-24(20)25)33-13-11-32(12-14-33)15-16-34;1-5-3-2-4-5/h3-5,7-9,16-17,25H,1,6,10-15,19H2,2H3;2-4H2,1H3/b27-26-;. The number of hydrogen-bond acceptors (Lipinski definition) is 8. The molecular weight excluding hydrogens is 523 g/mol. The normalized spacial score (nSPS) is 19.6. The molecule has 1 aliphatic carbocycles. The fourth-order valence-corrected chi connectivity index (χ4v) is 6.20. The summed E-state index contributed by atoms with van der Waals surface area (Å²) in [6.07, 6.45) is 4.47. The molecule has 2 saturated heterocycles. The number of benzene rings is 2. The van der Waals surface area contributed by atoms with E-state index in [2.05, 4.69) is 69.7 Å². The predicted molar refractivity (Wildman–Crippen MR) is 163 cm³/mol. The smallest absolute Gasteiger partial charge is 0.133 e. The lowest BCUT2D eigenvalue weighted by molar-refractivity contribution is -0.108. The molecule has 3 aliphatic rings. The van der Waals surface area contributed by atoms with Gasteiger partial charge in [-0.1, -0.05) is 17.8 Å². The van der Waals surface area contributed by atoms with Crippen LogP contribution < -0.4 is 4.90 Å². The molecular formula is C31H39FN6OS. The summed E-state index contributed by atoms with van der Waals surface area (Å²) in [7, 11) is 4.23. The van der Waals surface area contributed by atoms with Crippen molar-refractivity contribution in [1.82, 2.24) is 14.7 Å². The van der Waals surface area contributed by atoms with Crippen molar-refractivity contribution in [3.8, 4) is 6.07 Å². The molecule has 0 N–H and O–H groups in total. The first-order valence-electron chi connectivity index (χ1n) is 13.9. The number of nitrogens with zero attached hydrogens (tertiary/aromatic N) is 6. The molecule has 2 fully saturated rings. The first kappa shape index (κ1) is 29.9. The van der Waals surface area contributed by atoms with Crippen molar-refractivity contribution in [3.63, 3.8) is 0 Å². The largest absolute Gasteiger partial charge is 0.369 e. The molecule has 0 aromatic heterocycles. The number of aryl methyl sites for hydroxylation is 1. The molecule has 0 amide bonds. The van der Waals surface area contributed by atoms with E-state index in [0.717, 1.165) is 45.3 Å². The van der Waals surface area contributed by atoms with Gasteiger partial charge < -0.3 is 14.6 Å². The average molecular weight is 563 g/mol. The summed E-state index contributed by atoms with van der Waals surface area (Å²) >= 11 is 1.43. The van der Waals surface area contributed by atoms with Crippen molar-refractivity contribution in [2.24, 2.45) is 4.99 Å². The first-order chi connectivity index (χ1) is 19.4. The van der Waals surface area contributed by atoms with Crippen molar-refractivity contribution >= 4 is 36.1 Å². The first-order valence-corrected chi connectivity index (χ1v) is 14.8. The van der Waals surface area contributed by atoms with Gasteiger partial charge in [-0.3, -0.25) is 14.8 Å². The summed E-state index contributed by atoms with van der Waals surface area (Å²) < 4.78 is 13.3. The number of carbonyl (C=O) groups excluding carboxylic acids is 1. The third kappa shape index (κ3) is 7.58. The van der Waals surface area contributed by atoms with E-state index in [4.69, 9.17) is 0 Å². The summed E-state index contributed by atoms with van der Waals surface area (Å²) in [5.74, 6) is 0.298. The number of rotatable bonds is 9. The minimum absolute atomic E-state index is 0.278. The van der Waals surface area contributed by atoms with Crippen LogP contribution in [0.25, 0.3) is 5.70 Å². The molecule has 1 unspecified atom stereocenters. The third-order valence-corrected chi connectivity index (χ3v) is 8.97. The third-order valence-electron chi connectivity index (χ3n) is 7.86. The second kappa shape index (κ2) is 14.6. The number of halogens is 1. The van der Waals surface area contributed by atoms with E-state index in [0.29, 0.717) is 28.6 Å². The van der Waals surface area contributed by atoms with Crippen LogP contribution >= 0.6 is 11.8 Å². The Morgan fingerprint density at radius 2 is 1.88 bits per heavy atom. The van der Waals surface area contributed by atoms with Crippen LogP contribution in [0.5, 0.6) is 0 Å². The maximum atomic E-state index is 13.3. The molecule has 0 radical (unpaired) electrons. The van der Waals surface area contributed by atoms with Crippen molar-refractivity contribution in [1.29, 1.82) is 5.26 Å². The highest BCUT2D eigenvalue weighted by Gasteiger charge is 2.28. The van der Waals surface area contributed by atoms with Gasteiger partial charge in [0.25, 0.3) is 0 Å². The lowest BCUT2D eigenvalue weighted by Crippen LogP contribution is -2.46. The Morgan fingerprint density at radius 1 is 1.18 bits per heavy atom. The van der Waals surface area contributed by atoms with Crippen molar-refractivity contribution in [2.45, 2.75) is 25.3 Å². The van der Waals surface area contributed by atoms with Gasteiger partial charge >= 0.3 is 0 Å². The quantitative estimate of drug-likeness (QED) is 0.190. The van der Waals surface area contributed by atoms with Gasteiger partial charge in [-0.15, -0.1) is 0 Å². The number of aliphatic imine (C=N–C) groups is 1. The lowest BCUT2D eigenvalue weighted by atomic mass is 10.1. The SMILES string of the molecule is C=N/C(=C(/C#N)SCN(C)C1CCc2ccc(N3CCN(CC=O)CC3)cc21)c1ccc(F)cc1.CN1CCC1. The van der Waals surface area contributed by atoms with Crippen LogP contribution in [0.1, 0.15) is 35.6 Å². The van der Waals surface area contributed by atoms with Gasteiger partial charge in [0.2, 0.25) is 0 Å². The molecule has 2 aromatic rings. The highest BCUT2D eigenvalue weighted by atomic mass is 32.2. The zero-order chi connectivity index (χ0) is 28.5. The summed E-state index contributed by atoms with van der Waals surface area (Å²) in [6, 6.07) is 15.3. The van der Waals surface area contributed by atoms with E-state index in [1.807, 2.05) is 0 Å². The molecule has 9 heteroatoms. The Bertz CT molecular complexity index is 1230. The zero-order valence-corrected chi connectivity index (χ0v) is 24.4. The van der Waals surface area contributed by atoms with Gasteiger partial charge in [-0.05, 0) is 101 Å². The number of allylic oxidation sites excluding steroid dienone is 1. The summed E-state index contributed by atoms with van der Waals surface area (Å²) in [5.41, 5.74) is 5.12. The van der Waals surface area contributed by atoms with Gasteiger partial charge in [-0.25, -0.2) is 4.39 Å². The van der Waals surface area contributed by atoms with Gasteiger partial charge in [0.05, 0.1) is 18.1 Å². The molecule has 2 aromatic carbocycles. The number of aldehydes is 1. The van der Waals surface area contributed by atoms with Crippen LogP contribution in [-0.4, -0.2) is 93.5 Å². The highest BCUT2D eigenvalue weighted by molar-refractivity contribution is 8.03. The topological polar surface area (TPSA) is 66.2 Å². The van der Waals surface area contributed by atoms with Crippen LogP contribution in [0.3, 0.4) is 0 Å². The van der Waals surface area contributed by atoms with Crippen molar-refractivity contribution < 1.29 is 9.18 Å². The summed E-state index contributed by atoms with van der Waals surface area (Å²) in [4.78, 5) is 24.5. The number of likely N-dealkylation sites (tertiary alicyclic amines) is 1. The van der Waals surface area contributed by atoms with E-state index >= 15 is 0 Å². The second-order valence-electron chi connectivity index (χ2n) is 10.5. The second-order valence-corrected chi connectivity index (χ2v) is 11.5. The van der Waals surface area contributed by atoms with Crippen LogP contribution in [0.2, 0.25) is 0 Å². The Hall–Kier alpha value is -3.03. The number of piperazine rings is 1. The van der Waals surface area contributed by atoms with Crippen molar-refractivity contribution in [3.05, 3.63) is 69.9 Å². The fraction of sp³-hybridized carbons (Fsp3) is 0.452. The molecule has 0 spiro atoms. The molecule has 5 rings (SSSR count). The Balaban J connectivity index is 0.000000666. The van der Waals surface area contributed by atoms with Crippen LogP contribution in [0, 0.1) is 17.1 Å². The minimum Gasteiger partial charge on any atom is -0.369 e. The Morgan fingerprint density at radius 3 is 2.45 bits per heavy atom. The number of fused-ring (bicyclic) bond motifs is 1. The Kier molecular flexibility index (Phi) is 10.9. The van der Waals surface area contributed by atoms with Crippen LogP contribution in [0.4, 0.5) is 10.1 Å². The minimum atomic E-state index is -0.329. The average Bonchev–Trinajstić information content (AvgIpc) is 3.39. The van der Waals surface area contributed by atoms with E-state index in [1.165, 1.54) is 60.2 Å². The highest BCUT2D eigenvalue weighted by Crippen LogP contribution is 2.39.